The molecule has 0 unspecified atom stereocenters. The Morgan fingerprint density at radius 1 is 1.50 bits per heavy atom. The molecule has 0 aromatic carbocycles. The molecular formula is C2H5BN3O2. The summed E-state index contributed by atoms with van der Waals surface area (Å²) >= 11 is 0. The molecule has 0 bridgehead atoms. The average Bonchev–Trinajstić information content (AvgIpc) is 2.17. The number of hydrogen-bond donors (Lipinski definition) is 3. The summed E-state index contributed by atoms with van der Waals surface area (Å²) in [4.78, 5) is 3.56. The van der Waals surface area contributed by atoms with E-state index in [1.165, 1.54) is 12.7 Å². The molecule has 1 rings (SSSR count). The molecule has 0 spiro atoms. The van der Waals surface area contributed by atoms with Crippen LogP contribution in [-0.4, -0.2) is 32.9 Å². The summed E-state index contributed by atoms with van der Waals surface area (Å²) in [5.41, 5.74) is 0. The first kappa shape index (κ1) is 7.12. The summed E-state index contributed by atoms with van der Waals surface area (Å²) in [6.45, 7) is 0. The summed E-state index contributed by atoms with van der Waals surface area (Å²) in [6, 6.07) is 0. The Balaban J connectivity index is 0.000000145. The molecule has 0 aliphatic heterocycles. The highest BCUT2D eigenvalue weighted by Gasteiger charge is 1.57. The Hall–Kier alpha value is -0.875. The summed E-state index contributed by atoms with van der Waals surface area (Å²) < 4.78 is 0. The smallest absolute Gasteiger partial charge is 0.429 e. The van der Waals surface area contributed by atoms with Crippen molar-refractivity contribution in [1.29, 1.82) is 0 Å². The van der Waals surface area contributed by atoms with Crippen molar-refractivity contribution in [2.75, 3.05) is 0 Å². The molecule has 0 aliphatic carbocycles. The fourth-order valence-corrected chi connectivity index (χ4v) is 0.167. The highest BCUT2D eigenvalue weighted by molar-refractivity contribution is 6.13. The molecule has 0 atom stereocenters. The van der Waals surface area contributed by atoms with Gasteiger partial charge < -0.3 is 10.0 Å². The fourth-order valence-electron chi connectivity index (χ4n) is 0.167. The Bertz CT molecular complexity index is 82.2. The zero-order valence-corrected chi connectivity index (χ0v) is 4.02. The van der Waals surface area contributed by atoms with Crippen LogP contribution in [0.1, 0.15) is 0 Å². The number of aromatic nitrogens is 3. The molecule has 1 aromatic heterocycles. The molecule has 43 valence electrons. The van der Waals surface area contributed by atoms with E-state index in [1.807, 2.05) is 0 Å². The van der Waals surface area contributed by atoms with Crippen molar-refractivity contribution in [3.63, 3.8) is 0 Å². The fraction of sp³-hybridized carbons (Fsp3) is 0. The summed E-state index contributed by atoms with van der Waals surface area (Å²) in [5, 5.41) is 20.0. The van der Waals surface area contributed by atoms with Crippen LogP contribution < -0.4 is 0 Å². The molecule has 0 fully saturated rings. The van der Waals surface area contributed by atoms with Crippen LogP contribution in [0.15, 0.2) is 12.7 Å². The van der Waals surface area contributed by atoms with Gasteiger partial charge in [0.05, 0.1) is 0 Å². The van der Waals surface area contributed by atoms with Gasteiger partial charge in [-0.1, -0.05) is 0 Å². The second-order valence-corrected chi connectivity index (χ2v) is 0.767. The first-order valence-corrected chi connectivity index (χ1v) is 1.80. The maximum Gasteiger partial charge on any atom is 0.482 e. The van der Waals surface area contributed by atoms with Crippen molar-refractivity contribution in [2.45, 2.75) is 0 Å². The molecular weight excluding hydrogens is 109 g/mol. The number of nitrogens with one attached hydrogen (secondary N) is 1. The maximum absolute atomic E-state index is 7.00. The first-order valence-electron chi connectivity index (χ1n) is 1.80. The zero-order chi connectivity index (χ0) is 6.24. The monoisotopic (exact) mass is 114 g/mol. The topological polar surface area (TPSA) is 82.0 Å². The third-order valence-electron chi connectivity index (χ3n) is 0.331. The zero-order valence-electron chi connectivity index (χ0n) is 4.02. The van der Waals surface area contributed by atoms with Crippen molar-refractivity contribution in [3.8, 4) is 0 Å². The Morgan fingerprint density at radius 2 is 2.12 bits per heavy atom. The predicted octanol–water partition coefficient (Wildman–Crippen LogP) is -1.69. The van der Waals surface area contributed by atoms with Gasteiger partial charge in [0, 0.05) is 0 Å². The van der Waals surface area contributed by atoms with Crippen LogP contribution in [0.3, 0.4) is 0 Å². The molecule has 1 heterocycles. The molecule has 0 saturated carbocycles. The molecule has 1 radical (unpaired) electrons. The number of nitrogens with zero attached hydrogens (tertiary/aromatic N) is 2. The van der Waals surface area contributed by atoms with Gasteiger partial charge in [0.2, 0.25) is 0 Å². The number of rotatable bonds is 0. The lowest BCUT2D eigenvalue weighted by atomic mass is 10.5. The van der Waals surface area contributed by atoms with Crippen molar-refractivity contribution < 1.29 is 10.0 Å². The molecule has 0 amide bonds. The number of H-pyrrole nitrogens is 1. The SMILES string of the molecule is O[B]O.c1nc[nH]n1. The van der Waals surface area contributed by atoms with E-state index in [2.05, 4.69) is 15.2 Å². The second kappa shape index (κ2) is 6.12. The van der Waals surface area contributed by atoms with Gasteiger partial charge in [0.1, 0.15) is 12.7 Å². The number of aromatic amines is 1. The second-order valence-electron chi connectivity index (χ2n) is 0.767. The van der Waals surface area contributed by atoms with Crippen molar-refractivity contribution in [1.82, 2.24) is 15.2 Å². The van der Waals surface area contributed by atoms with Crippen LogP contribution in [-0.2, 0) is 0 Å². The van der Waals surface area contributed by atoms with Crippen molar-refractivity contribution >= 4 is 7.69 Å². The Kier molecular flexibility index (Phi) is 5.45. The molecule has 3 N–H and O–H groups in total. The largest absolute Gasteiger partial charge is 0.482 e. The maximum atomic E-state index is 7.00. The normalized spacial score (nSPS) is 6.75. The van der Waals surface area contributed by atoms with Crippen LogP contribution in [0.2, 0.25) is 0 Å². The van der Waals surface area contributed by atoms with E-state index in [9.17, 15) is 0 Å². The molecule has 0 aliphatic rings. The Labute approximate surface area is 46.7 Å². The van der Waals surface area contributed by atoms with Gasteiger partial charge in [-0.3, -0.25) is 5.10 Å². The van der Waals surface area contributed by atoms with Gasteiger partial charge in [-0.05, 0) is 0 Å². The summed E-state index contributed by atoms with van der Waals surface area (Å²) in [5.74, 6) is 0. The van der Waals surface area contributed by atoms with Crippen molar-refractivity contribution in [3.05, 3.63) is 12.7 Å². The van der Waals surface area contributed by atoms with Gasteiger partial charge in [0.15, 0.2) is 0 Å². The standard InChI is InChI=1S/C2H3N3.BH2O2/c1-3-2-5-4-1;2-1-3/h1-2H,(H,3,4,5);2-3H. The minimum absolute atomic E-state index is 0. The van der Waals surface area contributed by atoms with Gasteiger partial charge >= 0.3 is 7.69 Å². The van der Waals surface area contributed by atoms with E-state index in [1.54, 1.807) is 0 Å². The summed E-state index contributed by atoms with van der Waals surface area (Å²) in [7, 11) is 0. The first-order chi connectivity index (χ1) is 3.91. The van der Waals surface area contributed by atoms with E-state index in [4.69, 9.17) is 10.0 Å². The Morgan fingerprint density at radius 3 is 2.25 bits per heavy atom. The highest BCUT2D eigenvalue weighted by atomic mass is 16.4. The molecule has 5 nitrogen and oxygen atoms in total. The quantitative estimate of drug-likeness (QED) is 0.351. The van der Waals surface area contributed by atoms with Gasteiger partial charge in [-0.15, -0.1) is 0 Å². The average molecular weight is 114 g/mol. The van der Waals surface area contributed by atoms with E-state index in [0.717, 1.165) is 0 Å². The predicted molar refractivity (Wildman–Crippen MR) is 26.6 cm³/mol. The number of hydrogen-bond acceptors (Lipinski definition) is 4. The highest BCUT2D eigenvalue weighted by Crippen LogP contribution is 1.53. The lowest BCUT2D eigenvalue weighted by Crippen LogP contribution is -1.75. The van der Waals surface area contributed by atoms with Crippen LogP contribution >= 0.6 is 0 Å². The van der Waals surface area contributed by atoms with Crippen LogP contribution in [0.4, 0.5) is 0 Å². The minimum Gasteiger partial charge on any atom is -0.429 e. The lowest BCUT2D eigenvalue weighted by Gasteiger charge is -1.46. The van der Waals surface area contributed by atoms with E-state index < -0.39 is 0 Å². The van der Waals surface area contributed by atoms with Gasteiger partial charge in [-0.2, -0.15) is 5.10 Å². The van der Waals surface area contributed by atoms with E-state index >= 15 is 0 Å². The minimum atomic E-state index is 0. The van der Waals surface area contributed by atoms with E-state index in [-0.39, 0.29) is 7.69 Å². The third kappa shape index (κ3) is 5.12. The molecule has 8 heavy (non-hydrogen) atoms. The van der Waals surface area contributed by atoms with Crippen LogP contribution in [0.25, 0.3) is 0 Å². The molecule has 1 aromatic rings. The molecule has 0 saturated heterocycles. The lowest BCUT2D eigenvalue weighted by molar-refractivity contribution is 0.448. The molecule has 6 heteroatoms. The van der Waals surface area contributed by atoms with Crippen LogP contribution in [0.5, 0.6) is 0 Å². The van der Waals surface area contributed by atoms with Crippen LogP contribution in [0, 0.1) is 0 Å². The third-order valence-corrected chi connectivity index (χ3v) is 0.331. The summed E-state index contributed by atoms with van der Waals surface area (Å²) in [6.07, 6.45) is 2.96. The van der Waals surface area contributed by atoms with Gasteiger partial charge in [0.25, 0.3) is 0 Å². The van der Waals surface area contributed by atoms with Crippen molar-refractivity contribution in [2.24, 2.45) is 0 Å². The van der Waals surface area contributed by atoms with E-state index in [0.29, 0.717) is 0 Å². The van der Waals surface area contributed by atoms with Gasteiger partial charge in [-0.25, -0.2) is 4.98 Å².